The SMILES string of the molecule is CNc1nc(Cl)nc(NCC2CCCCC2CO)n1. The molecule has 2 atom stereocenters. The molecule has 0 radical (unpaired) electrons. The van der Waals surface area contributed by atoms with Crippen molar-refractivity contribution in [2.45, 2.75) is 25.7 Å². The Morgan fingerprint density at radius 1 is 1.16 bits per heavy atom. The summed E-state index contributed by atoms with van der Waals surface area (Å²) in [5.41, 5.74) is 0. The van der Waals surface area contributed by atoms with Gasteiger partial charge >= 0.3 is 0 Å². The zero-order valence-corrected chi connectivity index (χ0v) is 11.8. The molecule has 1 aromatic rings. The Morgan fingerprint density at radius 3 is 2.53 bits per heavy atom. The lowest BCUT2D eigenvalue weighted by Crippen LogP contribution is -2.29. The smallest absolute Gasteiger partial charge is 0.228 e. The highest BCUT2D eigenvalue weighted by molar-refractivity contribution is 6.28. The number of nitrogens with one attached hydrogen (secondary N) is 2. The zero-order valence-electron chi connectivity index (χ0n) is 11.1. The first-order valence-electron chi connectivity index (χ1n) is 6.67. The zero-order chi connectivity index (χ0) is 13.7. The van der Waals surface area contributed by atoms with E-state index in [4.69, 9.17) is 11.6 Å². The molecule has 1 aromatic heterocycles. The average Bonchev–Trinajstić information content (AvgIpc) is 2.44. The summed E-state index contributed by atoms with van der Waals surface area (Å²) >= 11 is 5.82. The monoisotopic (exact) mass is 285 g/mol. The number of aliphatic hydroxyl groups is 1. The van der Waals surface area contributed by atoms with Crippen molar-refractivity contribution in [2.75, 3.05) is 30.8 Å². The quantitative estimate of drug-likeness (QED) is 0.765. The number of hydrogen-bond acceptors (Lipinski definition) is 6. The minimum absolute atomic E-state index is 0.171. The van der Waals surface area contributed by atoms with Crippen LogP contribution in [0.3, 0.4) is 0 Å². The first kappa shape index (κ1) is 14.3. The van der Waals surface area contributed by atoms with Crippen molar-refractivity contribution in [1.82, 2.24) is 15.0 Å². The number of nitrogens with zero attached hydrogens (tertiary/aromatic N) is 3. The summed E-state index contributed by atoms with van der Waals surface area (Å²) in [7, 11) is 1.73. The van der Waals surface area contributed by atoms with E-state index in [-0.39, 0.29) is 11.9 Å². The van der Waals surface area contributed by atoms with Crippen molar-refractivity contribution in [1.29, 1.82) is 0 Å². The molecule has 6 nitrogen and oxygen atoms in total. The van der Waals surface area contributed by atoms with Crippen LogP contribution in [0.5, 0.6) is 0 Å². The van der Waals surface area contributed by atoms with Crippen LogP contribution in [-0.2, 0) is 0 Å². The molecule has 0 aromatic carbocycles. The molecule has 0 aliphatic heterocycles. The van der Waals surface area contributed by atoms with Crippen LogP contribution < -0.4 is 10.6 Å². The van der Waals surface area contributed by atoms with Gasteiger partial charge in [-0.05, 0) is 36.3 Å². The maximum absolute atomic E-state index is 9.38. The Labute approximate surface area is 118 Å². The highest BCUT2D eigenvalue weighted by Gasteiger charge is 2.24. The molecule has 0 amide bonds. The summed E-state index contributed by atoms with van der Waals surface area (Å²) < 4.78 is 0. The number of rotatable bonds is 5. The highest BCUT2D eigenvalue weighted by atomic mass is 35.5. The molecule has 0 spiro atoms. The van der Waals surface area contributed by atoms with E-state index in [9.17, 15) is 5.11 Å². The predicted molar refractivity (Wildman–Crippen MR) is 75.4 cm³/mol. The van der Waals surface area contributed by atoms with Crippen molar-refractivity contribution >= 4 is 23.5 Å². The lowest BCUT2D eigenvalue weighted by Gasteiger charge is -2.30. The van der Waals surface area contributed by atoms with Gasteiger partial charge in [0.05, 0.1) is 0 Å². The van der Waals surface area contributed by atoms with E-state index in [1.165, 1.54) is 12.8 Å². The molecule has 2 unspecified atom stereocenters. The second-order valence-electron chi connectivity index (χ2n) is 4.87. The van der Waals surface area contributed by atoms with E-state index in [2.05, 4.69) is 25.6 Å². The van der Waals surface area contributed by atoms with Crippen LogP contribution in [0.15, 0.2) is 0 Å². The first-order valence-corrected chi connectivity index (χ1v) is 7.04. The minimum atomic E-state index is 0.171. The molecule has 1 aliphatic rings. The number of hydrogen-bond donors (Lipinski definition) is 3. The molecule has 1 aliphatic carbocycles. The standard InChI is InChI=1S/C12H20ClN5O/c1-14-11-16-10(13)17-12(18-11)15-6-8-4-2-3-5-9(8)7-19/h8-9,19H,2-7H2,1H3,(H2,14,15,16,17,18). The lowest BCUT2D eigenvalue weighted by atomic mass is 9.80. The molecule has 1 heterocycles. The fourth-order valence-corrected chi connectivity index (χ4v) is 2.72. The predicted octanol–water partition coefficient (Wildman–Crippen LogP) is 1.78. The van der Waals surface area contributed by atoms with Gasteiger partial charge in [0.15, 0.2) is 0 Å². The van der Waals surface area contributed by atoms with Gasteiger partial charge in [-0.2, -0.15) is 15.0 Å². The summed E-state index contributed by atoms with van der Waals surface area (Å²) in [5.74, 6) is 1.77. The van der Waals surface area contributed by atoms with Crippen molar-refractivity contribution in [2.24, 2.45) is 11.8 Å². The summed E-state index contributed by atoms with van der Waals surface area (Å²) in [4.78, 5) is 12.2. The third-order valence-electron chi connectivity index (χ3n) is 3.66. The summed E-state index contributed by atoms with van der Waals surface area (Å²) in [6.07, 6.45) is 4.67. The second-order valence-corrected chi connectivity index (χ2v) is 5.21. The second kappa shape index (κ2) is 6.86. The molecule has 0 saturated heterocycles. The normalized spacial score (nSPS) is 23.1. The van der Waals surface area contributed by atoms with Crippen LogP contribution in [0, 0.1) is 11.8 Å². The van der Waals surface area contributed by atoms with Crippen LogP contribution in [0.2, 0.25) is 5.28 Å². The largest absolute Gasteiger partial charge is 0.396 e. The number of halogens is 1. The third kappa shape index (κ3) is 3.91. The summed E-state index contributed by atoms with van der Waals surface area (Å²) in [6, 6.07) is 0. The van der Waals surface area contributed by atoms with Gasteiger partial charge < -0.3 is 15.7 Å². The molecule has 1 fully saturated rings. The lowest BCUT2D eigenvalue weighted by molar-refractivity contribution is 0.141. The van der Waals surface area contributed by atoms with Gasteiger partial charge in [0, 0.05) is 20.2 Å². The van der Waals surface area contributed by atoms with Gasteiger partial charge in [0.25, 0.3) is 0 Å². The van der Waals surface area contributed by atoms with Gasteiger partial charge in [-0.1, -0.05) is 12.8 Å². The summed E-state index contributed by atoms with van der Waals surface area (Å²) in [6.45, 7) is 1.01. The number of aliphatic hydroxyl groups excluding tert-OH is 1. The van der Waals surface area contributed by atoms with Crippen LogP contribution in [0.1, 0.15) is 25.7 Å². The van der Waals surface area contributed by atoms with Crippen LogP contribution in [-0.4, -0.2) is 40.3 Å². The molecule has 3 N–H and O–H groups in total. The molecule has 7 heteroatoms. The van der Waals surface area contributed by atoms with Crippen molar-refractivity contribution < 1.29 is 5.11 Å². The molecular formula is C12H20ClN5O. The Balaban J connectivity index is 1.95. The van der Waals surface area contributed by atoms with Gasteiger partial charge in [-0.3, -0.25) is 0 Å². The molecule has 2 rings (SSSR count). The maximum atomic E-state index is 9.38. The molecule has 1 saturated carbocycles. The van der Waals surface area contributed by atoms with E-state index in [1.807, 2.05) is 0 Å². The highest BCUT2D eigenvalue weighted by Crippen LogP contribution is 2.29. The molecule has 0 bridgehead atoms. The van der Waals surface area contributed by atoms with Crippen LogP contribution >= 0.6 is 11.6 Å². The Morgan fingerprint density at radius 2 is 1.84 bits per heavy atom. The van der Waals surface area contributed by atoms with E-state index < -0.39 is 0 Å². The first-order chi connectivity index (χ1) is 9.22. The number of anilines is 2. The van der Waals surface area contributed by atoms with E-state index >= 15 is 0 Å². The van der Waals surface area contributed by atoms with Gasteiger partial charge in [0.2, 0.25) is 17.2 Å². The topological polar surface area (TPSA) is 83.0 Å². The van der Waals surface area contributed by atoms with E-state index in [0.29, 0.717) is 23.7 Å². The Hall–Kier alpha value is -1.14. The fourth-order valence-electron chi connectivity index (χ4n) is 2.56. The fraction of sp³-hybridized carbons (Fsp3) is 0.750. The van der Waals surface area contributed by atoms with Crippen LogP contribution in [0.25, 0.3) is 0 Å². The average molecular weight is 286 g/mol. The van der Waals surface area contributed by atoms with Gasteiger partial charge in [-0.15, -0.1) is 0 Å². The van der Waals surface area contributed by atoms with Crippen LogP contribution in [0.4, 0.5) is 11.9 Å². The molecular weight excluding hydrogens is 266 g/mol. The molecule has 19 heavy (non-hydrogen) atoms. The summed E-state index contributed by atoms with van der Waals surface area (Å²) in [5, 5.41) is 15.6. The third-order valence-corrected chi connectivity index (χ3v) is 3.82. The Kier molecular flexibility index (Phi) is 5.15. The van der Waals surface area contributed by atoms with Gasteiger partial charge in [0.1, 0.15) is 0 Å². The maximum Gasteiger partial charge on any atom is 0.228 e. The van der Waals surface area contributed by atoms with Crippen molar-refractivity contribution in [3.05, 3.63) is 5.28 Å². The van der Waals surface area contributed by atoms with Gasteiger partial charge in [-0.25, -0.2) is 0 Å². The Bertz CT molecular complexity index is 417. The van der Waals surface area contributed by atoms with Crippen molar-refractivity contribution in [3.63, 3.8) is 0 Å². The minimum Gasteiger partial charge on any atom is -0.396 e. The van der Waals surface area contributed by atoms with Crippen molar-refractivity contribution in [3.8, 4) is 0 Å². The van der Waals surface area contributed by atoms with E-state index in [0.717, 1.165) is 19.4 Å². The molecule has 106 valence electrons. The number of aromatic nitrogens is 3. The van der Waals surface area contributed by atoms with E-state index in [1.54, 1.807) is 7.05 Å².